The van der Waals surface area contributed by atoms with Crippen LogP contribution in [0.2, 0.25) is 0 Å². The van der Waals surface area contributed by atoms with Crippen LogP contribution in [0.5, 0.6) is 0 Å². The molecule has 2 aromatic rings. The molecule has 1 aromatic carbocycles. The second-order valence-corrected chi connectivity index (χ2v) is 7.24. The molecule has 144 valence electrons. The van der Waals surface area contributed by atoms with E-state index >= 15 is 0 Å². The summed E-state index contributed by atoms with van der Waals surface area (Å²) >= 11 is 4.28. The largest absolute Gasteiger partial charge is 0.467 e. The monoisotopic (exact) mass is 391 g/mol. The van der Waals surface area contributed by atoms with Crippen molar-refractivity contribution in [1.29, 1.82) is 0 Å². The number of para-hydroxylation sites is 1. The Bertz CT molecular complexity index is 835. The van der Waals surface area contributed by atoms with Crippen molar-refractivity contribution in [2.45, 2.75) is 30.2 Å². The van der Waals surface area contributed by atoms with Crippen LogP contribution in [0.15, 0.2) is 30.3 Å². The van der Waals surface area contributed by atoms with Gasteiger partial charge in [0.2, 0.25) is 5.91 Å². The molecule has 1 aliphatic rings. The van der Waals surface area contributed by atoms with Crippen LogP contribution in [0, 0.1) is 0 Å². The van der Waals surface area contributed by atoms with Crippen LogP contribution in [-0.2, 0) is 20.7 Å². The maximum atomic E-state index is 12.6. The van der Waals surface area contributed by atoms with Crippen LogP contribution in [0.4, 0.5) is 4.79 Å². The first-order chi connectivity index (χ1) is 12.9. The molecule has 2 amide bonds. The van der Waals surface area contributed by atoms with Crippen LogP contribution >= 0.6 is 12.6 Å². The number of aromatic nitrogens is 1. The summed E-state index contributed by atoms with van der Waals surface area (Å²) in [5, 5.41) is 12.7. The number of carboxylic acid groups (broad SMARTS) is 1. The number of fused-ring (bicyclic) bond motifs is 1. The number of amides is 2. The van der Waals surface area contributed by atoms with Crippen molar-refractivity contribution in [3.63, 3.8) is 0 Å². The number of likely N-dealkylation sites (tertiary alicyclic amines) is 1. The smallest absolute Gasteiger partial charge is 0.408 e. The van der Waals surface area contributed by atoms with Crippen molar-refractivity contribution >= 4 is 41.5 Å². The zero-order valence-corrected chi connectivity index (χ0v) is 15.6. The first-order valence-corrected chi connectivity index (χ1v) is 9.03. The van der Waals surface area contributed by atoms with E-state index in [-0.39, 0.29) is 18.2 Å². The van der Waals surface area contributed by atoms with Gasteiger partial charge in [-0.1, -0.05) is 18.2 Å². The average Bonchev–Trinajstić information content (AvgIpc) is 3.23. The summed E-state index contributed by atoms with van der Waals surface area (Å²) in [6.07, 6.45) is -0.685. The number of H-pyrrole nitrogens is 1. The number of ether oxygens (including phenoxy) is 1. The van der Waals surface area contributed by atoms with Crippen molar-refractivity contribution in [2.75, 3.05) is 13.7 Å². The third-order valence-corrected chi connectivity index (χ3v) is 5.01. The Balaban J connectivity index is 1.75. The summed E-state index contributed by atoms with van der Waals surface area (Å²) in [4.78, 5) is 40.4. The fraction of sp³-hybridized carbons (Fsp3) is 0.389. The van der Waals surface area contributed by atoms with Crippen LogP contribution < -0.4 is 5.32 Å². The van der Waals surface area contributed by atoms with Crippen LogP contribution in [-0.4, -0.2) is 63.9 Å². The van der Waals surface area contributed by atoms with E-state index in [9.17, 15) is 19.5 Å². The summed E-state index contributed by atoms with van der Waals surface area (Å²) in [6.45, 7) is 0.168. The quantitative estimate of drug-likeness (QED) is 0.455. The van der Waals surface area contributed by atoms with Crippen molar-refractivity contribution in [2.24, 2.45) is 0 Å². The van der Waals surface area contributed by atoms with Gasteiger partial charge in [0.05, 0.1) is 7.11 Å². The van der Waals surface area contributed by atoms with Gasteiger partial charge in [-0.05, 0) is 23.9 Å². The van der Waals surface area contributed by atoms with Gasteiger partial charge in [0.25, 0.3) is 0 Å². The van der Waals surface area contributed by atoms with Gasteiger partial charge >= 0.3 is 12.1 Å². The highest BCUT2D eigenvalue weighted by Gasteiger charge is 2.39. The van der Waals surface area contributed by atoms with Crippen molar-refractivity contribution in [3.8, 4) is 0 Å². The normalized spacial score (nSPS) is 20.4. The lowest BCUT2D eigenvalue weighted by Gasteiger charge is -2.23. The minimum atomic E-state index is -1.18. The van der Waals surface area contributed by atoms with Gasteiger partial charge in [-0.2, -0.15) is 12.6 Å². The predicted octanol–water partition coefficient (Wildman–Crippen LogP) is 1.42. The molecule has 0 aliphatic carbocycles. The van der Waals surface area contributed by atoms with E-state index < -0.39 is 30.1 Å². The van der Waals surface area contributed by atoms with E-state index in [2.05, 4.69) is 22.9 Å². The van der Waals surface area contributed by atoms with Crippen LogP contribution in [0.25, 0.3) is 10.9 Å². The number of benzene rings is 1. The summed E-state index contributed by atoms with van der Waals surface area (Å²) in [5.41, 5.74) is 1.69. The highest BCUT2D eigenvalue weighted by Crippen LogP contribution is 2.22. The van der Waals surface area contributed by atoms with E-state index in [1.807, 2.05) is 30.3 Å². The Morgan fingerprint density at radius 3 is 2.81 bits per heavy atom. The van der Waals surface area contributed by atoms with E-state index in [4.69, 9.17) is 4.74 Å². The Labute approximate surface area is 161 Å². The Hall–Kier alpha value is -2.68. The van der Waals surface area contributed by atoms with Gasteiger partial charge in [-0.25, -0.2) is 9.59 Å². The lowest BCUT2D eigenvalue weighted by molar-refractivity contribution is -0.145. The van der Waals surface area contributed by atoms with Gasteiger partial charge in [0.1, 0.15) is 12.1 Å². The molecule has 0 radical (unpaired) electrons. The molecule has 2 heterocycles. The average molecular weight is 391 g/mol. The third kappa shape index (κ3) is 4.19. The number of thiol groups is 1. The number of esters is 1. The maximum Gasteiger partial charge on any atom is 0.408 e. The number of nitrogens with one attached hydrogen (secondary N) is 2. The summed E-state index contributed by atoms with van der Waals surface area (Å²) in [5.74, 6) is -1.12. The number of nitrogens with zero attached hydrogens (tertiary/aromatic N) is 1. The zero-order valence-electron chi connectivity index (χ0n) is 14.7. The molecule has 0 unspecified atom stereocenters. The minimum absolute atomic E-state index is 0.168. The first kappa shape index (κ1) is 19.1. The molecular weight excluding hydrogens is 370 g/mol. The van der Waals surface area contributed by atoms with Crippen LogP contribution in [0.3, 0.4) is 0 Å². The van der Waals surface area contributed by atoms with Crippen LogP contribution in [0.1, 0.15) is 12.1 Å². The van der Waals surface area contributed by atoms with E-state index in [1.54, 1.807) is 0 Å². The number of rotatable bonds is 5. The zero-order chi connectivity index (χ0) is 19.6. The van der Waals surface area contributed by atoms with Gasteiger partial charge in [-0.3, -0.25) is 9.69 Å². The molecule has 1 aliphatic heterocycles. The van der Waals surface area contributed by atoms with Crippen molar-refractivity contribution in [3.05, 3.63) is 36.0 Å². The summed E-state index contributed by atoms with van der Waals surface area (Å²) in [7, 11) is 1.25. The molecule has 1 saturated heterocycles. The molecular formula is C18H21N3O5S. The van der Waals surface area contributed by atoms with E-state index in [0.717, 1.165) is 21.5 Å². The van der Waals surface area contributed by atoms with Gasteiger partial charge < -0.3 is 20.1 Å². The molecule has 1 fully saturated rings. The third-order valence-electron chi connectivity index (χ3n) is 4.64. The predicted molar refractivity (Wildman–Crippen MR) is 102 cm³/mol. The highest BCUT2D eigenvalue weighted by molar-refractivity contribution is 7.81. The molecule has 9 heteroatoms. The number of hydrogen-bond donors (Lipinski definition) is 4. The number of carbonyl (C=O) groups excluding carboxylic acids is 2. The van der Waals surface area contributed by atoms with Crippen molar-refractivity contribution < 1.29 is 24.2 Å². The second-order valence-electron chi connectivity index (χ2n) is 6.51. The Morgan fingerprint density at radius 1 is 1.41 bits per heavy atom. The summed E-state index contributed by atoms with van der Waals surface area (Å²) < 4.78 is 4.81. The molecule has 0 saturated carbocycles. The van der Waals surface area contributed by atoms with Gasteiger partial charge in [-0.15, -0.1) is 0 Å². The lowest BCUT2D eigenvalue weighted by Crippen LogP contribution is -2.51. The minimum Gasteiger partial charge on any atom is -0.467 e. The fourth-order valence-corrected chi connectivity index (χ4v) is 3.72. The standard InChI is InChI=1S/C18H21N3O5S/c1-26-17(23)14(7-11-6-10-4-2-3-5-13(10)19-11)20-16(22)15-8-12(27)9-21(15)18(24)25/h2-6,12,14-15,19,27H,7-9H2,1H3,(H,20,22)(H,24,25)/t12-,14+,15+/m1/s1. The maximum absolute atomic E-state index is 12.6. The molecule has 3 N–H and O–H groups in total. The number of hydrogen-bond acceptors (Lipinski definition) is 5. The SMILES string of the molecule is COC(=O)[C@H](Cc1cc2ccccc2[nH]1)NC(=O)[C@@H]1C[C@@H](S)CN1C(=O)O. The molecule has 0 spiro atoms. The number of carbonyl (C=O) groups is 3. The highest BCUT2D eigenvalue weighted by atomic mass is 32.1. The Kier molecular flexibility index (Phi) is 5.59. The lowest BCUT2D eigenvalue weighted by atomic mass is 10.1. The second kappa shape index (κ2) is 7.91. The van der Waals surface area contributed by atoms with E-state index in [0.29, 0.717) is 6.42 Å². The van der Waals surface area contributed by atoms with Gasteiger partial charge in [0.15, 0.2) is 0 Å². The van der Waals surface area contributed by atoms with E-state index in [1.165, 1.54) is 7.11 Å². The Morgan fingerprint density at radius 2 is 2.15 bits per heavy atom. The molecule has 8 nitrogen and oxygen atoms in total. The topological polar surface area (TPSA) is 112 Å². The van der Waals surface area contributed by atoms with Crippen molar-refractivity contribution in [1.82, 2.24) is 15.2 Å². The molecule has 1 aromatic heterocycles. The molecule has 3 atom stereocenters. The molecule has 3 rings (SSSR count). The molecule has 0 bridgehead atoms. The fourth-order valence-electron chi connectivity index (χ4n) is 3.34. The molecule has 27 heavy (non-hydrogen) atoms. The number of aromatic amines is 1. The summed E-state index contributed by atoms with van der Waals surface area (Å²) in [6, 6.07) is 7.77. The van der Waals surface area contributed by atoms with Gasteiger partial charge in [0, 0.05) is 29.4 Å². The first-order valence-electron chi connectivity index (χ1n) is 8.51. The number of methoxy groups -OCH3 is 1.